The number of amides is 1. The van der Waals surface area contributed by atoms with E-state index in [-0.39, 0.29) is 11.7 Å². The molecular formula is C15H14ClNO2S2. The molecule has 0 aliphatic heterocycles. The fourth-order valence-corrected chi connectivity index (χ4v) is 3.71. The number of thiophene rings is 1. The van der Waals surface area contributed by atoms with Gasteiger partial charge in [-0.1, -0.05) is 23.7 Å². The molecule has 2 rings (SSSR count). The van der Waals surface area contributed by atoms with Crippen LogP contribution >= 0.6 is 34.7 Å². The van der Waals surface area contributed by atoms with E-state index in [1.807, 2.05) is 30.3 Å². The summed E-state index contributed by atoms with van der Waals surface area (Å²) in [4.78, 5) is 25.6. The van der Waals surface area contributed by atoms with E-state index in [0.29, 0.717) is 22.2 Å². The zero-order valence-electron chi connectivity index (χ0n) is 11.4. The SMILES string of the molecule is CC(=O)NCc1ccc(C(=O)CSc2ccccc2Cl)s1. The fraction of sp³-hybridized carbons (Fsp3) is 0.200. The van der Waals surface area contributed by atoms with Crippen LogP contribution in [0, 0.1) is 0 Å². The van der Waals surface area contributed by atoms with Gasteiger partial charge in [0.15, 0.2) is 5.78 Å². The number of nitrogens with one attached hydrogen (secondary N) is 1. The molecule has 6 heteroatoms. The molecule has 0 spiro atoms. The average molecular weight is 340 g/mol. The Bertz CT molecular complexity index is 655. The Morgan fingerprint density at radius 3 is 2.71 bits per heavy atom. The summed E-state index contributed by atoms with van der Waals surface area (Å²) in [6.45, 7) is 1.94. The minimum absolute atomic E-state index is 0.0685. The van der Waals surface area contributed by atoms with Crippen molar-refractivity contribution in [3.63, 3.8) is 0 Å². The molecule has 0 aliphatic rings. The number of carbonyl (C=O) groups excluding carboxylic acids is 2. The molecule has 0 bridgehead atoms. The maximum Gasteiger partial charge on any atom is 0.217 e. The summed E-state index contributed by atoms with van der Waals surface area (Å²) < 4.78 is 0. The number of ketones is 1. The standard InChI is InChI=1S/C15H14ClNO2S2/c1-10(18)17-8-11-6-7-15(21-11)13(19)9-20-14-5-3-2-4-12(14)16/h2-7H,8-9H2,1H3,(H,17,18). The van der Waals surface area contributed by atoms with E-state index in [0.717, 1.165) is 9.77 Å². The number of Topliss-reactive ketones (excluding diaryl/α,β-unsaturated/α-hetero) is 1. The summed E-state index contributed by atoms with van der Waals surface area (Å²) >= 11 is 8.90. The van der Waals surface area contributed by atoms with Crippen molar-refractivity contribution in [3.05, 3.63) is 51.2 Å². The number of halogens is 1. The van der Waals surface area contributed by atoms with Crippen molar-refractivity contribution < 1.29 is 9.59 Å². The molecular weight excluding hydrogens is 326 g/mol. The van der Waals surface area contributed by atoms with Crippen LogP contribution in [0.25, 0.3) is 0 Å². The summed E-state index contributed by atoms with van der Waals surface area (Å²) in [6, 6.07) is 11.1. The van der Waals surface area contributed by atoms with Gasteiger partial charge in [-0.15, -0.1) is 23.1 Å². The van der Waals surface area contributed by atoms with Gasteiger partial charge in [-0.2, -0.15) is 0 Å². The first-order chi connectivity index (χ1) is 10.1. The van der Waals surface area contributed by atoms with E-state index in [2.05, 4.69) is 5.32 Å². The summed E-state index contributed by atoms with van der Waals surface area (Å²) in [7, 11) is 0. The second kappa shape index (κ2) is 7.64. The van der Waals surface area contributed by atoms with E-state index in [4.69, 9.17) is 11.6 Å². The summed E-state index contributed by atoms with van der Waals surface area (Å²) in [5.41, 5.74) is 0. The van der Waals surface area contributed by atoms with Crippen LogP contribution in [0.3, 0.4) is 0 Å². The van der Waals surface area contributed by atoms with Crippen LogP contribution in [-0.2, 0) is 11.3 Å². The van der Waals surface area contributed by atoms with Gasteiger partial charge in [0.25, 0.3) is 0 Å². The van der Waals surface area contributed by atoms with Gasteiger partial charge in [-0.25, -0.2) is 0 Å². The third kappa shape index (κ3) is 4.88. The van der Waals surface area contributed by atoms with Crippen molar-refractivity contribution in [1.82, 2.24) is 5.32 Å². The highest BCUT2D eigenvalue weighted by atomic mass is 35.5. The molecule has 1 aromatic carbocycles. The highest BCUT2D eigenvalue weighted by Crippen LogP contribution is 2.28. The number of thioether (sulfide) groups is 1. The smallest absolute Gasteiger partial charge is 0.217 e. The molecule has 1 amide bonds. The van der Waals surface area contributed by atoms with Gasteiger partial charge in [-0.3, -0.25) is 9.59 Å². The number of hydrogen-bond acceptors (Lipinski definition) is 4. The molecule has 110 valence electrons. The molecule has 1 heterocycles. The van der Waals surface area contributed by atoms with Crippen LogP contribution in [-0.4, -0.2) is 17.4 Å². The number of benzene rings is 1. The quantitative estimate of drug-likeness (QED) is 0.639. The first kappa shape index (κ1) is 16.1. The van der Waals surface area contributed by atoms with Crippen LogP contribution in [0.15, 0.2) is 41.3 Å². The molecule has 0 saturated heterocycles. The molecule has 0 fully saturated rings. The van der Waals surface area contributed by atoms with E-state index in [1.165, 1.54) is 30.0 Å². The highest BCUT2D eigenvalue weighted by molar-refractivity contribution is 8.00. The molecule has 0 unspecified atom stereocenters. The van der Waals surface area contributed by atoms with Gasteiger partial charge in [0.1, 0.15) is 0 Å². The third-order valence-corrected chi connectivity index (χ3v) is 5.28. The topological polar surface area (TPSA) is 46.2 Å². The Morgan fingerprint density at radius 1 is 1.24 bits per heavy atom. The predicted octanol–water partition coefficient (Wildman–Crippen LogP) is 4.01. The Balaban J connectivity index is 1.92. The first-order valence-corrected chi connectivity index (χ1v) is 8.48. The predicted molar refractivity (Wildman–Crippen MR) is 88.3 cm³/mol. The number of rotatable bonds is 6. The maximum absolute atomic E-state index is 12.1. The second-order valence-electron chi connectivity index (χ2n) is 4.32. The normalized spacial score (nSPS) is 10.4. The number of carbonyl (C=O) groups is 2. The summed E-state index contributed by atoms with van der Waals surface area (Å²) in [6.07, 6.45) is 0. The molecule has 3 nitrogen and oxygen atoms in total. The minimum atomic E-state index is -0.0782. The molecule has 0 atom stereocenters. The first-order valence-electron chi connectivity index (χ1n) is 6.30. The Hall–Kier alpha value is -1.30. The van der Waals surface area contributed by atoms with Crippen molar-refractivity contribution >= 4 is 46.4 Å². The molecule has 2 aromatic rings. The van der Waals surface area contributed by atoms with Crippen molar-refractivity contribution in [1.29, 1.82) is 0 Å². The lowest BCUT2D eigenvalue weighted by Crippen LogP contribution is -2.18. The zero-order valence-corrected chi connectivity index (χ0v) is 13.8. The molecule has 0 saturated carbocycles. The number of hydrogen-bond donors (Lipinski definition) is 1. The van der Waals surface area contributed by atoms with Crippen LogP contribution in [0.5, 0.6) is 0 Å². The van der Waals surface area contributed by atoms with Gasteiger partial charge in [-0.05, 0) is 24.3 Å². The fourth-order valence-electron chi connectivity index (χ4n) is 1.61. The lowest BCUT2D eigenvalue weighted by atomic mass is 10.3. The minimum Gasteiger partial charge on any atom is -0.351 e. The van der Waals surface area contributed by atoms with Gasteiger partial charge in [0.2, 0.25) is 5.91 Å². The van der Waals surface area contributed by atoms with Crippen LogP contribution in [0.2, 0.25) is 5.02 Å². The monoisotopic (exact) mass is 339 g/mol. The molecule has 0 aliphatic carbocycles. The van der Waals surface area contributed by atoms with Crippen LogP contribution in [0.4, 0.5) is 0 Å². The van der Waals surface area contributed by atoms with E-state index >= 15 is 0 Å². The van der Waals surface area contributed by atoms with Gasteiger partial charge in [0.05, 0.1) is 22.2 Å². The molecule has 1 aromatic heterocycles. The summed E-state index contributed by atoms with van der Waals surface area (Å²) in [5.74, 6) is 0.341. The Labute approximate surface area is 136 Å². The molecule has 1 N–H and O–H groups in total. The van der Waals surface area contributed by atoms with Crippen molar-refractivity contribution in [2.75, 3.05) is 5.75 Å². The van der Waals surface area contributed by atoms with Crippen LogP contribution < -0.4 is 5.32 Å². The largest absolute Gasteiger partial charge is 0.351 e. The Morgan fingerprint density at radius 2 is 2.00 bits per heavy atom. The maximum atomic E-state index is 12.1. The molecule has 21 heavy (non-hydrogen) atoms. The van der Waals surface area contributed by atoms with E-state index in [9.17, 15) is 9.59 Å². The Kier molecular flexibility index (Phi) is 5.85. The van der Waals surface area contributed by atoms with E-state index in [1.54, 1.807) is 6.07 Å². The third-order valence-electron chi connectivity index (χ3n) is 2.64. The summed E-state index contributed by atoms with van der Waals surface area (Å²) in [5, 5.41) is 3.38. The van der Waals surface area contributed by atoms with Crippen LogP contribution in [0.1, 0.15) is 21.5 Å². The van der Waals surface area contributed by atoms with Gasteiger partial charge in [0, 0.05) is 16.7 Å². The van der Waals surface area contributed by atoms with E-state index < -0.39 is 0 Å². The van der Waals surface area contributed by atoms with Crippen molar-refractivity contribution in [3.8, 4) is 0 Å². The van der Waals surface area contributed by atoms with Crippen molar-refractivity contribution in [2.24, 2.45) is 0 Å². The van der Waals surface area contributed by atoms with Gasteiger partial charge < -0.3 is 5.32 Å². The average Bonchev–Trinajstić information content (AvgIpc) is 2.93. The lowest BCUT2D eigenvalue weighted by molar-refractivity contribution is -0.119. The lowest BCUT2D eigenvalue weighted by Gasteiger charge is -2.02. The van der Waals surface area contributed by atoms with Crippen molar-refractivity contribution in [2.45, 2.75) is 18.4 Å². The van der Waals surface area contributed by atoms with Gasteiger partial charge >= 0.3 is 0 Å². The highest BCUT2D eigenvalue weighted by Gasteiger charge is 2.11. The zero-order chi connectivity index (χ0) is 15.2. The second-order valence-corrected chi connectivity index (χ2v) is 6.91. The molecule has 0 radical (unpaired) electrons.